The van der Waals surface area contributed by atoms with Gasteiger partial charge in [-0.15, -0.1) is 16.9 Å². The number of hydrogen-bond donors (Lipinski definition) is 1. The van der Waals surface area contributed by atoms with E-state index in [1.54, 1.807) is 23.5 Å². The zero-order valence-corrected chi connectivity index (χ0v) is 19.6. The van der Waals surface area contributed by atoms with Crippen molar-refractivity contribution in [2.45, 2.75) is 27.8 Å². The highest BCUT2D eigenvalue weighted by molar-refractivity contribution is 8.02. The molecule has 3 atom stereocenters. The van der Waals surface area contributed by atoms with Crippen molar-refractivity contribution in [3.8, 4) is 0 Å². The molecule has 0 saturated carbocycles. The van der Waals surface area contributed by atoms with Crippen LogP contribution in [0, 0.1) is 0 Å². The number of aromatic nitrogens is 2. The molecule has 2 unspecified atom stereocenters. The molecule has 1 aromatic heterocycles. The minimum Gasteiger partial charge on any atom is -0.448 e. The molecule has 0 bridgehead atoms. The summed E-state index contributed by atoms with van der Waals surface area (Å²) < 4.78 is 10.2. The molecule has 2 N–H and O–H groups in total. The van der Waals surface area contributed by atoms with Crippen LogP contribution in [0.25, 0.3) is 0 Å². The van der Waals surface area contributed by atoms with Crippen LogP contribution in [0.3, 0.4) is 0 Å². The summed E-state index contributed by atoms with van der Waals surface area (Å²) in [6, 6.07) is 18.6. The zero-order chi connectivity index (χ0) is 22.5. The van der Waals surface area contributed by atoms with Crippen molar-refractivity contribution >= 4 is 46.9 Å². The summed E-state index contributed by atoms with van der Waals surface area (Å²) in [5, 5.41) is 4.69. The van der Waals surface area contributed by atoms with Crippen LogP contribution in [0.4, 0.5) is 0 Å². The summed E-state index contributed by atoms with van der Waals surface area (Å²) in [6.45, 7) is 0. The Morgan fingerprint density at radius 2 is 1.76 bits per heavy atom. The van der Waals surface area contributed by atoms with E-state index >= 15 is 0 Å². The number of thioether (sulfide) groups is 2. The van der Waals surface area contributed by atoms with Crippen LogP contribution in [-0.4, -0.2) is 43.5 Å². The van der Waals surface area contributed by atoms with E-state index in [9.17, 15) is 9.59 Å². The highest BCUT2D eigenvalue weighted by atomic mass is 32.2. The van der Waals surface area contributed by atoms with E-state index in [0.717, 1.165) is 26.6 Å². The van der Waals surface area contributed by atoms with E-state index in [0.29, 0.717) is 11.4 Å². The number of fused-ring (bicyclic) bond motifs is 2. The summed E-state index contributed by atoms with van der Waals surface area (Å²) in [6.07, 6.45) is -0.596. The van der Waals surface area contributed by atoms with Gasteiger partial charge in [-0.05, 0) is 28.2 Å². The van der Waals surface area contributed by atoms with Crippen molar-refractivity contribution in [2.24, 2.45) is 5.73 Å². The van der Waals surface area contributed by atoms with Gasteiger partial charge in [0.25, 0.3) is 0 Å². The molecule has 6 rings (SSSR count). The molecule has 1 saturated heterocycles. The van der Waals surface area contributed by atoms with E-state index < -0.39 is 18.1 Å². The van der Waals surface area contributed by atoms with Gasteiger partial charge in [0.05, 0.1) is 10.1 Å². The van der Waals surface area contributed by atoms with Crippen molar-refractivity contribution in [1.82, 2.24) is 14.5 Å². The SMILES string of the molecule is NC1C(=O)N2C(C(=O)OC(c3ccccc3)c3ccccc3)=C(C3Sc4nnsc43)CS[C@@H]12. The average Bonchev–Trinajstić information content (AvgIpc) is 3.22. The first-order valence-electron chi connectivity index (χ1n) is 10.4. The smallest absolute Gasteiger partial charge is 0.356 e. The molecule has 7 nitrogen and oxygen atoms in total. The van der Waals surface area contributed by atoms with Crippen molar-refractivity contribution in [2.75, 3.05) is 5.75 Å². The molecule has 0 spiro atoms. The van der Waals surface area contributed by atoms with Crippen LogP contribution < -0.4 is 5.73 Å². The lowest BCUT2D eigenvalue weighted by atomic mass is 10.00. The summed E-state index contributed by atoms with van der Waals surface area (Å²) in [4.78, 5) is 29.0. The van der Waals surface area contributed by atoms with Gasteiger partial charge in [-0.25, -0.2) is 4.79 Å². The highest BCUT2D eigenvalue weighted by Gasteiger charge is 2.54. The third-order valence-electron chi connectivity index (χ3n) is 5.93. The molecule has 10 heteroatoms. The summed E-state index contributed by atoms with van der Waals surface area (Å²) >= 11 is 4.48. The molecule has 0 aliphatic carbocycles. The van der Waals surface area contributed by atoms with E-state index in [-0.39, 0.29) is 16.5 Å². The van der Waals surface area contributed by atoms with E-state index in [1.165, 1.54) is 16.4 Å². The molecule has 3 aliphatic rings. The van der Waals surface area contributed by atoms with Crippen LogP contribution in [0.5, 0.6) is 0 Å². The fourth-order valence-corrected chi connectivity index (χ4v) is 7.75. The molecule has 1 amide bonds. The Bertz CT molecular complexity index is 1220. The third-order valence-corrected chi connectivity index (χ3v) is 9.60. The fraction of sp³-hybridized carbons (Fsp3) is 0.217. The van der Waals surface area contributed by atoms with Crippen LogP contribution in [0.2, 0.25) is 0 Å². The zero-order valence-electron chi connectivity index (χ0n) is 17.2. The minimum absolute atomic E-state index is 0.0486. The topological polar surface area (TPSA) is 98.4 Å². The number of nitrogens with two attached hydrogens (primary N) is 1. The lowest BCUT2D eigenvalue weighted by molar-refractivity contribution is -0.153. The Labute approximate surface area is 202 Å². The number of amides is 1. The normalized spacial score (nSPS) is 23.5. The molecule has 4 heterocycles. The van der Waals surface area contributed by atoms with Crippen LogP contribution in [0.15, 0.2) is 77.0 Å². The molecule has 3 aromatic rings. The van der Waals surface area contributed by atoms with E-state index in [2.05, 4.69) is 9.59 Å². The Kier molecular flexibility index (Phi) is 5.25. The molecular weight excluding hydrogens is 476 g/mol. The van der Waals surface area contributed by atoms with Gasteiger partial charge in [-0.2, -0.15) is 0 Å². The summed E-state index contributed by atoms with van der Waals surface area (Å²) in [7, 11) is 0. The molecular formula is C23H18N4O3S3. The lowest BCUT2D eigenvalue weighted by Gasteiger charge is -2.49. The standard InChI is InChI=1S/C23H18N4O3S3/c24-15-21(28)27-16(14(11-31-22(15)27)18-19-20(32-18)25-26-33-19)23(29)30-17(12-7-3-1-4-8-12)13-9-5-2-6-10-13/h1-10,15,17-18,22H,11,24H2/t15?,18?,22-/m0/s1. The van der Waals surface area contributed by atoms with Gasteiger partial charge in [0.1, 0.15) is 22.1 Å². The van der Waals surface area contributed by atoms with Gasteiger partial charge in [-0.3, -0.25) is 9.69 Å². The van der Waals surface area contributed by atoms with Crippen molar-refractivity contribution in [3.05, 3.63) is 87.9 Å². The maximum Gasteiger partial charge on any atom is 0.356 e. The Morgan fingerprint density at radius 1 is 1.09 bits per heavy atom. The monoisotopic (exact) mass is 494 g/mol. The van der Waals surface area contributed by atoms with Gasteiger partial charge in [0.2, 0.25) is 5.91 Å². The largest absolute Gasteiger partial charge is 0.448 e. The molecule has 3 aliphatic heterocycles. The van der Waals surface area contributed by atoms with Gasteiger partial charge in [0.15, 0.2) is 6.10 Å². The van der Waals surface area contributed by atoms with Crippen molar-refractivity contribution in [1.29, 1.82) is 0 Å². The molecule has 33 heavy (non-hydrogen) atoms. The number of carbonyl (C=O) groups excluding carboxylic acids is 2. The van der Waals surface area contributed by atoms with Gasteiger partial charge >= 0.3 is 5.97 Å². The number of nitrogens with zero attached hydrogens (tertiary/aromatic N) is 3. The van der Waals surface area contributed by atoms with E-state index in [4.69, 9.17) is 10.5 Å². The van der Waals surface area contributed by atoms with Gasteiger partial charge in [-0.1, -0.05) is 76.9 Å². The second-order valence-corrected chi connectivity index (χ2v) is 10.8. The number of hydrogen-bond acceptors (Lipinski definition) is 9. The van der Waals surface area contributed by atoms with Crippen molar-refractivity contribution in [3.63, 3.8) is 0 Å². The molecule has 166 valence electrons. The lowest BCUT2D eigenvalue weighted by Crippen LogP contribution is -2.68. The average molecular weight is 495 g/mol. The van der Waals surface area contributed by atoms with Crippen molar-refractivity contribution < 1.29 is 14.3 Å². The number of carbonyl (C=O) groups is 2. The quantitative estimate of drug-likeness (QED) is 0.425. The minimum atomic E-state index is -0.604. The highest BCUT2D eigenvalue weighted by Crippen LogP contribution is 2.57. The van der Waals surface area contributed by atoms with Gasteiger partial charge in [0, 0.05) is 5.75 Å². The van der Waals surface area contributed by atoms with Gasteiger partial charge < -0.3 is 10.5 Å². The second kappa shape index (κ2) is 8.28. The first-order chi connectivity index (χ1) is 16.1. The first-order valence-corrected chi connectivity index (χ1v) is 13.1. The fourth-order valence-electron chi connectivity index (χ4n) is 4.24. The van der Waals surface area contributed by atoms with Crippen LogP contribution in [0.1, 0.15) is 27.4 Å². The number of benzene rings is 2. The predicted molar refractivity (Wildman–Crippen MR) is 127 cm³/mol. The Morgan fingerprint density at radius 3 is 2.39 bits per heavy atom. The van der Waals surface area contributed by atoms with Crippen LogP contribution >= 0.6 is 35.1 Å². The third kappa shape index (κ3) is 3.40. The summed E-state index contributed by atoms with van der Waals surface area (Å²) in [5.74, 6) is -0.164. The van der Waals surface area contributed by atoms with Crippen LogP contribution in [-0.2, 0) is 14.3 Å². The second-order valence-electron chi connectivity index (χ2n) is 7.86. The summed E-state index contributed by atoms with van der Waals surface area (Å²) in [5.41, 5.74) is 8.95. The molecule has 2 aromatic carbocycles. The predicted octanol–water partition coefficient (Wildman–Crippen LogP) is 3.51. The number of β-lactam (4-membered cyclic amide) rings is 1. The molecule has 1 fully saturated rings. The maximum atomic E-state index is 13.7. The number of ether oxygens (including phenoxy) is 1. The first kappa shape index (κ1) is 20.9. The number of rotatable bonds is 5. The number of esters is 1. The molecule has 0 radical (unpaired) electrons. The Balaban J connectivity index is 1.39. The maximum absolute atomic E-state index is 13.7. The van der Waals surface area contributed by atoms with E-state index in [1.807, 2.05) is 60.7 Å². The Hall–Kier alpha value is -2.66.